The Morgan fingerprint density at radius 1 is 0.923 bits per heavy atom. The summed E-state index contributed by atoms with van der Waals surface area (Å²) in [6.07, 6.45) is 1.24. The van der Waals surface area contributed by atoms with Gasteiger partial charge in [0.2, 0.25) is 21.8 Å². The number of carbonyl (C=O) groups excluding carboxylic acids is 2. The molecule has 0 aliphatic rings. The molecule has 0 aliphatic carbocycles. The highest BCUT2D eigenvalue weighted by Gasteiger charge is 2.34. The van der Waals surface area contributed by atoms with Crippen LogP contribution in [0.1, 0.15) is 30.5 Å². The number of halogens is 2. The van der Waals surface area contributed by atoms with Gasteiger partial charge in [0.1, 0.15) is 12.6 Å². The van der Waals surface area contributed by atoms with Crippen molar-refractivity contribution in [3.8, 4) is 0 Å². The predicted octanol–water partition coefficient (Wildman–Crippen LogP) is 5.23. The summed E-state index contributed by atoms with van der Waals surface area (Å²) in [5.74, 6) is -0.887. The van der Waals surface area contributed by atoms with Crippen LogP contribution in [0.2, 0.25) is 10.0 Å². The van der Waals surface area contributed by atoms with Crippen LogP contribution in [-0.2, 0) is 32.6 Å². The lowest BCUT2D eigenvalue weighted by Gasteiger charge is -2.34. The van der Waals surface area contributed by atoms with Crippen LogP contribution < -0.4 is 9.62 Å². The first-order valence-corrected chi connectivity index (χ1v) is 15.1. The van der Waals surface area contributed by atoms with Gasteiger partial charge in [-0.25, -0.2) is 8.42 Å². The summed E-state index contributed by atoms with van der Waals surface area (Å²) in [4.78, 5) is 29.1. The Morgan fingerprint density at radius 2 is 1.56 bits per heavy atom. The zero-order valence-electron chi connectivity index (χ0n) is 22.4. The topological polar surface area (TPSA) is 86.8 Å². The molecule has 0 aromatic heterocycles. The van der Waals surface area contributed by atoms with E-state index in [2.05, 4.69) is 5.32 Å². The summed E-state index contributed by atoms with van der Waals surface area (Å²) in [7, 11) is -3.95. The molecule has 7 nitrogen and oxygen atoms in total. The van der Waals surface area contributed by atoms with Crippen molar-refractivity contribution in [1.82, 2.24) is 10.2 Å². The van der Waals surface area contributed by atoms with E-state index in [4.69, 9.17) is 23.2 Å². The summed E-state index contributed by atoms with van der Waals surface area (Å²) < 4.78 is 26.7. The molecule has 3 aromatic carbocycles. The maximum absolute atomic E-state index is 14.1. The van der Waals surface area contributed by atoms with Crippen molar-refractivity contribution in [2.45, 2.75) is 45.8 Å². The van der Waals surface area contributed by atoms with Crippen LogP contribution in [0.5, 0.6) is 0 Å². The Labute approximate surface area is 240 Å². The van der Waals surface area contributed by atoms with Crippen LogP contribution in [0.15, 0.2) is 72.8 Å². The number of rotatable bonds is 11. The van der Waals surface area contributed by atoms with E-state index in [9.17, 15) is 18.0 Å². The number of nitrogens with zero attached hydrogens (tertiary/aromatic N) is 2. The van der Waals surface area contributed by atoms with Gasteiger partial charge in [0.15, 0.2) is 0 Å². The van der Waals surface area contributed by atoms with Crippen LogP contribution >= 0.6 is 23.2 Å². The molecule has 0 unspecified atom stereocenters. The van der Waals surface area contributed by atoms with Crippen molar-refractivity contribution in [3.05, 3.63) is 99.5 Å². The van der Waals surface area contributed by atoms with Crippen molar-refractivity contribution in [2.24, 2.45) is 0 Å². The van der Waals surface area contributed by atoms with Crippen LogP contribution in [0, 0.1) is 6.92 Å². The molecule has 0 saturated heterocycles. The molecule has 1 atom stereocenters. The van der Waals surface area contributed by atoms with Gasteiger partial charge in [-0.3, -0.25) is 13.9 Å². The minimum Gasteiger partial charge on any atom is -0.352 e. The second-order valence-corrected chi connectivity index (χ2v) is 12.4. The van der Waals surface area contributed by atoms with Crippen molar-refractivity contribution < 1.29 is 18.0 Å². The van der Waals surface area contributed by atoms with Gasteiger partial charge in [-0.1, -0.05) is 83.9 Å². The molecular weight excluding hydrogens is 557 g/mol. The Hall–Kier alpha value is -3.07. The highest BCUT2D eigenvalue weighted by molar-refractivity contribution is 7.92. The lowest BCUT2D eigenvalue weighted by atomic mass is 10.0. The zero-order valence-corrected chi connectivity index (χ0v) is 24.7. The van der Waals surface area contributed by atoms with E-state index in [0.717, 1.165) is 27.3 Å². The molecule has 10 heteroatoms. The lowest BCUT2D eigenvalue weighted by molar-refractivity contribution is -0.140. The van der Waals surface area contributed by atoms with Gasteiger partial charge in [-0.2, -0.15) is 0 Å². The molecule has 3 rings (SSSR count). The minimum absolute atomic E-state index is 0.0150. The summed E-state index contributed by atoms with van der Waals surface area (Å²) in [5, 5.41) is 3.10. The number of hydrogen-bond donors (Lipinski definition) is 1. The summed E-state index contributed by atoms with van der Waals surface area (Å²) in [5.41, 5.74) is 2.73. The molecular formula is C29H33Cl2N3O4S. The fourth-order valence-electron chi connectivity index (χ4n) is 4.19. The number of benzene rings is 3. The highest BCUT2D eigenvalue weighted by atomic mass is 35.5. The maximum atomic E-state index is 14.1. The van der Waals surface area contributed by atoms with E-state index in [1.807, 2.05) is 75.4 Å². The first-order chi connectivity index (χ1) is 18.4. The van der Waals surface area contributed by atoms with Crippen molar-refractivity contribution in [1.29, 1.82) is 0 Å². The maximum Gasteiger partial charge on any atom is 0.244 e. The fraction of sp³-hybridized carbons (Fsp3) is 0.310. The average Bonchev–Trinajstić information content (AvgIpc) is 2.87. The minimum atomic E-state index is -3.95. The van der Waals surface area contributed by atoms with E-state index in [1.165, 1.54) is 17.0 Å². The van der Waals surface area contributed by atoms with Gasteiger partial charge in [-0.05, 0) is 49.6 Å². The molecule has 39 heavy (non-hydrogen) atoms. The van der Waals surface area contributed by atoms with Gasteiger partial charge in [-0.15, -0.1) is 0 Å². The number of hydrogen-bond acceptors (Lipinski definition) is 4. The molecule has 2 amide bonds. The van der Waals surface area contributed by atoms with Gasteiger partial charge >= 0.3 is 0 Å². The molecule has 3 aromatic rings. The molecule has 1 N–H and O–H groups in total. The molecule has 0 aliphatic heterocycles. The molecule has 0 spiro atoms. The normalized spacial score (nSPS) is 12.2. The summed E-state index contributed by atoms with van der Waals surface area (Å²) in [6, 6.07) is 20.5. The molecule has 0 heterocycles. The quantitative estimate of drug-likeness (QED) is 0.331. The third kappa shape index (κ3) is 8.21. The Morgan fingerprint density at radius 3 is 2.18 bits per heavy atom. The van der Waals surface area contributed by atoms with Crippen molar-refractivity contribution in [2.75, 3.05) is 17.1 Å². The number of nitrogens with one attached hydrogen (secondary N) is 1. The van der Waals surface area contributed by atoms with Crippen molar-refractivity contribution in [3.63, 3.8) is 0 Å². The predicted molar refractivity (Wildman–Crippen MR) is 158 cm³/mol. The number of amides is 2. The molecule has 0 fully saturated rings. The number of aryl methyl sites for hydroxylation is 1. The Balaban J connectivity index is 2.09. The number of anilines is 1. The average molecular weight is 591 g/mol. The van der Waals surface area contributed by atoms with Gasteiger partial charge in [0.05, 0.1) is 22.0 Å². The van der Waals surface area contributed by atoms with E-state index >= 15 is 0 Å². The molecule has 0 saturated carbocycles. The number of carbonyl (C=O) groups is 2. The smallest absolute Gasteiger partial charge is 0.244 e. The number of sulfonamides is 1. The van der Waals surface area contributed by atoms with Crippen LogP contribution in [0.3, 0.4) is 0 Å². The van der Waals surface area contributed by atoms with Crippen molar-refractivity contribution >= 4 is 50.7 Å². The van der Waals surface area contributed by atoms with Gasteiger partial charge in [0.25, 0.3) is 0 Å². The SMILES string of the molecule is Cc1ccccc1CN(C(=O)CN(c1cccc(Cl)c1Cl)S(C)(=O)=O)[C@H](Cc1ccccc1)C(=O)NC(C)C. The third-order valence-electron chi connectivity index (χ3n) is 6.18. The summed E-state index contributed by atoms with van der Waals surface area (Å²) >= 11 is 12.5. The lowest BCUT2D eigenvalue weighted by Crippen LogP contribution is -2.54. The van der Waals surface area contributed by atoms with E-state index in [1.54, 1.807) is 6.07 Å². The van der Waals surface area contributed by atoms with Crippen LogP contribution in [0.25, 0.3) is 0 Å². The molecule has 0 radical (unpaired) electrons. The van der Waals surface area contributed by atoms with Gasteiger partial charge in [0, 0.05) is 19.0 Å². The van der Waals surface area contributed by atoms with Crippen LogP contribution in [-0.4, -0.2) is 50.0 Å². The highest BCUT2D eigenvalue weighted by Crippen LogP contribution is 2.34. The first-order valence-electron chi connectivity index (χ1n) is 12.5. The largest absolute Gasteiger partial charge is 0.352 e. The second kappa shape index (κ2) is 13.3. The Bertz CT molecular complexity index is 1420. The standard InChI is InChI=1S/C29H33Cl2N3O4S/c1-20(2)32-29(36)26(17-22-12-6-5-7-13-22)33(18-23-14-9-8-11-21(23)3)27(35)19-34(39(4,37)38)25-16-10-15-24(30)28(25)31/h5-16,20,26H,17-19H2,1-4H3,(H,32,36)/t26-/m1/s1. The van der Waals surface area contributed by atoms with Gasteiger partial charge < -0.3 is 10.2 Å². The zero-order chi connectivity index (χ0) is 28.7. The summed E-state index contributed by atoms with van der Waals surface area (Å²) in [6.45, 7) is 5.16. The first kappa shape index (κ1) is 30.5. The van der Waals surface area contributed by atoms with E-state index in [0.29, 0.717) is 0 Å². The second-order valence-electron chi connectivity index (χ2n) is 9.66. The fourth-order valence-corrected chi connectivity index (χ4v) is 5.49. The monoisotopic (exact) mass is 589 g/mol. The Kier molecular flexibility index (Phi) is 10.4. The van der Waals surface area contributed by atoms with Crippen LogP contribution in [0.4, 0.5) is 5.69 Å². The molecule has 208 valence electrons. The third-order valence-corrected chi connectivity index (χ3v) is 8.12. The van der Waals surface area contributed by atoms with E-state index < -0.39 is 28.5 Å². The molecule has 0 bridgehead atoms. The van der Waals surface area contributed by atoms with E-state index in [-0.39, 0.29) is 40.6 Å².